The lowest BCUT2D eigenvalue weighted by Crippen LogP contribution is -2.16. The smallest absolute Gasteiger partial charge is 0.307 e. The van der Waals surface area contributed by atoms with Crippen LogP contribution < -0.4 is 5.32 Å². The maximum absolute atomic E-state index is 13.4. The standard InChI is InChI=1S/C13H12F5N3.ClH/c1-21-9(5-11(20-21)13(16,17)18)7-19-6-8-3-2-4-10(14)12(8)15;/h2-5,19H,6-7H2,1H3;1H. The molecule has 0 fully saturated rings. The maximum Gasteiger partial charge on any atom is 0.435 e. The van der Waals surface area contributed by atoms with Crippen molar-refractivity contribution in [3.63, 3.8) is 0 Å². The number of hydrogen-bond donors (Lipinski definition) is 1. The molecule has 22 heavy (non-hydrogen) atoms. The molecule has 9 heteroatoms. The zero-order valence-electron chi connectivity index (χ0n) is 11.4. The van der Waals surface area contributed by atoms with Crippen LogP contribution in [0.25, 0.3) is 0 Å². The van der Waals surface area contributed by atoms with E-state index in [4.69, 9.17) is 0 Å². The lowest BCUT2D eigenvalue weighted by atomic mass is 10.2. The fraction of sp³-hybridized carbons (Fsp3) is 0.308. The van der Waals surface area contributed by atoms with Gasteiger partial charge in [-0.05, 0) is 12.1 Å². The van der Waals surface area contributed by atoms with Gasteiger partial charge in [0.25, 0.3) is 0 Å². The van der Waals surface area contributed by atoms with Crippen LogP contribution in [0.1, 0.15) is 17.0 Å². The maximum atomic E-state index is 13.4. The fourth-order valence-corrected chi connectivity index (χ4v) is 1.82. The highest BCUT2D eigenvalue weighted by atomic mass is 35.5. The van der Waals surface area contributed by atoms with Crippen molar-refractivity contribution in [2.24, 2.45) is 7.05 Å². The van der Waals surface area contributed by atoms with Gasteiger partial charge < -0.3 is 5.32 Å². The molecule has 0 unspecified atom stereocenters. The van der Waals surface area contributed by atoms with E-state index in [1.54, 1.807) is 0 Å². The van der Waals surface area contributed by atoms with Crippen molar-refractivity contribution < 1.29 is 22.0 Å². The number of benzene rings is 1. The van der Waals surface area contributed by atoms with Crippen molar-refractivity contribution in [3.8, 4) is 0 Å². The molecule has 0 atom stereocenters. The molecule has 1 aromatic carbocycles. The van der Waals surface area contributed by atoms with E-state index in [-0.39, 0.29) is 31.1 Å². The molecule has 0 saturated carbocycles. The van der Waals surface area contributed by atoms with Crippen LogP contribution in [0.2, 0.25) is 0 Å². The summed E-state index contributed by atoms with van der Waals surface area (Å²) in [5, 5.41) is 6.11. The number of alkyl halides is 3. The van der Waals surface area contributed by atoms with Gasteiger partial charge in [-0.3, -0.25) is 4.68 Å². The van der Waals surface area contributed by atoms with Gasteiger partial charge in [0.15, 0.2) is 17.3 Å². The number of hydrogen-bond acceptors (Lipinski definition) is 2. The van der Waals surface area contributed by atoms with E-state index in [9.17, 15) is 22.0 Å². The molecule has 0 aliphatic rings. The molecular weight excluding hydrogens is 329 g/mol. The van der Waals surface area contributed by atoms with Crippen LogP contribution in [0.5, 0.6) is 0 Å². The number of nitrogens with one attached hydrogen (secondary N) is 1. The third-order valence-corrected chi connectivity index (χ3v) is 2.92. The van der Waals surface area contributed by atoms with Crippen molar-refractivity contribution in [1.82, 2.24) is 15.1 Å². The summed E-state index contributed by atoms with van der Waals surface area (Å²) in [5.41, 5.74) is -0.592. The van der Waals surface area contributed by atoms with Crippen molar-refractivity contribution in [1.29, 1.82) is 0 Å². The normalized spacial score (nSPS) is 11.4. The third-order valence-electron chi connectivity index (χ3n) is 2.92. The Balaban J connectivity index is 0.00000242. The van der Waals surface area contributed by atoms with Gasteiger partial charge in [-0.1, -0.05) is 12.1 Å². The Kier molecular flexibility index (Phi) is 5.90. The van der Waals surface area contributed by atoms with E-state index in [0.29, 0.717) is 5.69 Å². The molecule has 0 aliphatic carbocycles. The molecule has 3 nitrogen and oxygen atoms in total. The van der Waals surface area contributed by atoms with Crippen molar-refractivity contribution in [3.05, 3.63) is 52.9 Å². The van der Waals surface area contributed by atoms with Crippen molar-refractivity contribution in [2.45, 2.75) is 19.3 Å². The number of aryl methyl sites for hydroxylation is 1. The Hall–Kier alpha value is -1.67. The summed E-state index contributed by atoms with van der Waals surface area (Å²) in [4.78, 5) is 0. The van der Waals surface area contributed by atoms with Gasteiger partial charge in [0.05, 0.1) is 5.69 Å². The molecule has 122 valence electrons. The van der Waals surface area contributed by atoms with Crippen LogP contribution in [0.3, 0.4) is 0 Å². The van der Waals surface area contributed by atoms with Crippen LogP contribution in [0, 0.1) is 11.6 Å². The summed E-state index contributed by atoms with van der Waals surface area (Å²) in [5.74, 6) is -1.93. The molecule has 1 aromatic heterocycles. The highest BCUT2D eigenvalue weighted by Crippen LogP contribution is 2.28. The van der Waals surface area contributed by atoms with Crippen LogP contribution >= 0.6 is 12.4 Å². The molecule has 0 bridgehead atoms. The van der Waals surface area contributed by atoms with Gasteiger partial charge in [-0.15, -0.1) is 12.4 Å². The SMILES string of the molecule is Cl.Cn1nc(C(F)(F)F)cc1CNCc1cccc(F)c1F. The highest BCUT2D eigenvalue weighted by molar-refractivity contribution is 5.85. The average Bonchev–Trinajstić information content (AvgIpc) is 2.76. The largest absolute Gasteiger partial charge is 0.435 e. The average molecular weight is 342 g/mol. The summed E-state index contributed by atoms with van der Waals surface area (Å²) in [6.07, 6.45) is -4.51. The summed E-state index contributed by atoms with van der Waals surface area (Å²) in [7, 11) is 1.38. The Morgan fingerprint density at radius 2 is 1.86 bits per heavy atom. The molecule has 0 aliphatic heterocycles. The van der Waals surface area contributed by atoms with Crippen molar-refractivity contribution >= 4 is 12.4 Å². The topological polar surface area (TPSA) is 29.9 Å². The molecule has 2 aromatic rings. The summed E-state index contributed by atoms with van der Waals surface area (Å²) in [6, 6.07) is 4.67. The lowest BCUT2D eigenvalue weighted by molar-refractivity contribution is -0.141. The van der Waals surface area contributed by atoms with Crippen LogP contribution in [-0.2, 0) is 26.3 Å². The molecule has 1 heterocycles. The van der Waals surface area contributed by atoms with Gasteiger partial charge in [0, 0.05) is 25.7 Å². The predicted molar refractivity (Wildman–Crippen MR) is 72.4 cm³/mol. The quantitative estimate of drug-likeness (QED) is 0.864. The Morgan fingerprint density at radius 1 is 1.18 bits per heavy atom. The third kappa shape index (κ3) is 4.17. The summed E-state index contributed by atoms with van der Waals surface area (Å²) in [6.45, 7) is 0.0473. The van der Waals surface area contributed by atoms with Crippen molar-refractivity contribution in [2.75, 3.05) is 0 Å². The first-order valence-electron chi connectivity index (χ1n) is 6.02. The molecular formula is C13H13ClF5N3. The van der Waals surface area contributed by atoms with E-state index in [1.165, 1.54) is 19.2 Å². The van der Waals surface area contributed by atoms with E-state index in [2.05, 4.69) is 10.4 Å². The first-order valence-corrected chi connectivity index (χ1v) is 6.02. The molecule has 1 N–H and O–H groups in total. The van der Waals surface area contributed by atoms with E-state index in [0.717, 1.165) is 16.8 Å². The van der Waals surface area contributed by atoms with Crippen LogP contribution in [0.15, 0.2) is 24.3 Å². The van der Waals surface area contributed by atoms with Gasteiger partial charge >= 0.3 is 6.18 Å². The molecule has 0 saturated heterocycles. The summed E-state index contributed by atoms with van der Waals surface area (Å²) >= 11 is 0. The number of aromatic nitrogens is 2. The number of rotatable bonds is 4. The zero-order valence-corrected chi connectivity index (χ0v) is 12.2. The Bertz CT molecular complexity index is 639. The minimum absolute atomic E-state index is 0. The van der Waals surface area contributed by atoms with Crippen LogP contribution in [0.4, 0.5) is 22.0 Å². The predicted octanol–water partition coefficient (Wildman–Crippen LogP) is 3.43. The minimum Gasteiger partial charge on any atom is -0.307 e. The van der Waals surface area contributed by atoms with E-state index in [1.807, 2.05) is 0 Å². The van der Waals surface area contributed by atoms with Gasteiger partial charge in [-0.2, -0.15) is 18.3 Å². The second-order valence-corrected chi connectivity index (χ2v) is 4.46. The molecule has 0 amide bonds. The van der Waals surface area contributed by atoms with Gasteiger partial charge in [-0.25, -0.2) is 8.78 Å². The second kappa shape index (κ2) is 7.06. The second-order valence-electron chi connectivity index (χ2n) is 4.46. The highest BCUT2D eigenvalue weighted by Gasteiger charge is 2.34. The number of nitrogens with zero attached hydrogens (tertiary/aromatic N) is 2. The van der Waals surface area contributed by atoms with Gasteiger partial charge in [0.2, 0.25) is 0 Å². The first kappa shape index (κ1) is 18.4. The van der Waals surface area contributed by atoms with E-state index < -0.39 is 23.5 Å². The van der Waals surface area contributed by atoms with Crippen LogP contribution in [-0.4, -0.2) is 9.78 Å². The zero-order chi connectivity index (χ0) is 15.6. The van der Waals surface area contributed by atoms with Gasteiger partial charge in [0.1, 0.15) is 0 Å². The number of halogens is 6. The first-order chi connectivity index (χ1) is 9.79. The lowest BCUT2D eigenvalue weighted by Gasteiger charge is -2.06. The Labute approximate surface area is 129 Å². The molecule has 2 rings (SSSR count). The fourth-order valence-electron chi connectivity index (χ4n) is 1.82. The monoisotopic (exact) mass is 341 g/mol. The minimum atomic E-state index is -4.51. The Morgan fingerprint density at radius 3 is 2.45 bits per heavy atom. The van der Waals surface area contributed by atoms with E-state index >= 15 is 0 Å². The summed E-state index contributed by atoms with van der Waals surface area (Å²) < 4.78 is 64.9. The molecule has 0 radical (unpaired) electrons. The molecule has 0 spiro atoms.